The summed E-state index contributed by atoms with van der Waals surface area (Å²) in [4.78, 5) is 2.58. The van der Waals surface area contributed by atoms with Crippen molar-refractivity contribution in [1.29, 1.82) is 0 Å². The molecule has 0 aromatic carbocycles. The third-order valence-corrected chi connectivity index (χ3v) is 4.12. The fourth-order valence-corrected chi connectivity index (χ4v) is 3.76. The van der Waals surface area contributed by atoms with E-state index in [0.717, 1.165) is 0 Å². The van der Waals surface area contributed by atoms with Gasteiger partial charge < -0.3 is 9.47 Å². The summed E-state index contributed by atoms with van der Waals surface area (Å²) in [7, 11) is 3.45. The Bertz CT molecular complexity index is 350. The minimum absolute atomic E-state index is 0.714. The third-order valence-electron chi connectivity index (χ3n) is 1.88. The predicted molar refractivity (Wildman–Crippen MR) is 61.1 cm³/mol. The van der Waals surface area contributed by atoms with Crippen molar-refractivity contribution in [3.8, 4) is 0 Å². The van der Waals surface area contributed by atoms with E-state index in [-0.39, 0.29) is 0 Å². The number of thiophene rings is 2. The highest BCUT2D eigenvalue weighted by molar-refractivity contribution is 7.27. The van der Waals surface area contributed by atoms with Crippen LogP contribution in [0.5, 0.6) is 0 Å². The monoisotopic (exact) mass is 228 g/mol. The predicted octanol–water partition coefficient (Wildman–Crippen LogP) is 3.26. The highest BCUT2D eigenvalue weighted by atomic mass is 32.1. The van der Waals surface area contributed by atoms with Crippen LogP contribution >= 0.6 is 22.7 Å². The number of rotatable bonds is 4. The normalized spacial score (nSPS) is 11.3. The van der Waals surface area contributed by atoms with Crippen molar-refractivity contribution in [3.05, 3.63) is 21.9 Å². The van der Waals surface area contributed by atoms with Crippen LogP contribution in [0.1, 0.15) is 9.75 Å². The number of hydrogen-bond acceptors (Lipinski definition) is 4. The van der Waals surface area contributed by atoms with Gasteiger partial charge in [-0.15, -0.1) is 22.7 Å². The standard InChI is InChI=1S/C10H12O2S2/c1-11-5-7-3-9-10(13-7)4-8(14-9)6-12-2/h3-4H,5-6H2,1-2H3. The molecule has 0 unspecified atom stereocenters. The van der Waals surface area contributed by atoms with E-state index in [9.17, 15) is 0 Å². The molecule has 0 aliphatic carbocycles. The summed E-state index contributed by atoms with van der Waals surface area (Å²) in [6, 6.07) is 4.40. The van der Waals surface area contributed by atoms with Gasteiger partial charge in [-0.05, 0) is 12.1 Å². The van der Waals surface area contributed by atoms with Crippen molar-refractivity contribution >= 4 is 32.1 Å². The van der Waals surface area contributed by atoms with Gasteiger partial charge in [-0.2, -0.15) is 0 Å². The van der Waals surface area contributed by atoms with Gasteiger partial charge in [0.1, 0.15) is 0 Å². The lowest BCUT2D eigenvalue weighted by Crippen LogP contribution is -1.81. The molecule has 0 radical (unpaired) electrons. The summed E-state index contributed by atoms with van der Waals surface area (Å²) in [6.07, 6.45) is 0. The van der Waals surface area contributed by atoms with Gasteiger partial charge in [-0.1, -0.05) is 0 Å². The zero-order valence-electron chi connectivity index (χ0n) is 8.20. The van der Waals surface area contributed by atoms with Crippen molar-refractivity contribution in [2.75, 3.05) is 14.2 Å². The molecule has 0 N–H and O–H groups in total. The van der Waals surface area contributed by atoms with E-state index in [0.29, 0.717) is 13.2 Å². The van der Waals surface area contributed by atoms with Gasteiger partial charge in [-0.3, -0.25) is 0 Å². The quantitative estimate of drug-likeness (QED) is 0.799. The fraction of sp³-hybridized carbons (Fsp3) is 0.400. The second kappa shape index (κ2) is 4.40. The molecular weight excluding hydrogens is 216 g/mol. The Morgan fingerprint density at radius 3 is 1.71 bits per heavy atom. The molecule has 76 valence electrons. The Morgan fingerprint density at radius 2 is 1.36 bits per heavy atom. The summed E-state index contributed by atoms with van der Waals surface area (Å²) < 4.78 is 12.9. The van der Waals surface area contributed by atoms with Crippen LogP contribution in [0.2, 0.25) is 0 Å². The second-order valence-electron chi connectivity index (χ2n) is 3.02. The smallest absolute Gasteiger partial charge is 0.0806 e. The molecule has 0 saturated heterocycles. The molecule has 2 nitrogen and oxygen atoms in total. The van der Waals surface area contributed by atoms with Crippen molar-refractivity contribution < 1.29 is 9.47 Å². The van der Waals surface area contributed by atoms with E-state index in [1.807, 2.05) is 0 Å². The molecule has 0 amide bonds. The maximum absolute atomic E-state index is 5.09. The molecule has 4 heteroatoms. The van der Waals surface area contributed by atoms with Gasteiger partial charge in [0, 0.05) is 33.4 Å². The summed E-state index contributed by atoms with van der Waals surface area (Å²) in [5.41, 5.74) is 0. The third kappa shape index (κ3) is 1.98. The lowest BCUT2D eigenvalue weighted by molar-refractivity contribution is 0.187. The van der Waals surface area contributed by atoms with Gasteiger partial charge in [0.05, 0.1) is 13.2 Å². The molecule has 2 heterocycles. The Morgan fingerprint density at radius 1 is 0.929 bits per heavy atom. The maximum Gasteiger partial charge on any atom is 0.0806 e. The van der Waals surface area contributed by atoms with Crippen molar-refractivity contribution in [2.24, 2.45) is 0 Å². The van der Waals surface area contributed by atoms with Crippen molar-refractivity contribution in [1.82, 2.24) is 0 Å². The highest BCUT2D eigenvalue weighted by Crippen LogP contribution is 2.33. The van der Waals surface area contributed by atoms with Gasteiger partial charge in [0.25, 0.3) is 0 Å². The Hall–Kier alpha value is -0.420. The number of hydrogen-bond donors (Lipinski definition) is 0. The SMILES string of the molecule is COCc1cc2sc(COC)cc2s1. The molecule has 2 aromatic heterocycles. The van der Waals surface area contributed by atoms with Crippen LogP contribution in [-0.2, 0) is 22.7 Å². The number of ether oxygens (including phenoxy) is 2. The van der Waals surface area contributed by atoms with E-state index in [2.05, 4.69) is 12.1 Å². The van der Waals surface area contributed by atoms with E-state index in [1.54, 1.807) is 36.9 Å². The van der Waals surface area contributed by atoms with Crippen LogP contribution in [0.3, 0.4) is 0 Å². The molecule has 2 rings (SSSR count). The average Bonchev–Trinajstić information content (AvgIpc) is 2.62. The molecule has 0 spiro atoms. The van der Waals surface area contributed by atoms with Gasteiger partial charge in [0.15, 0.2) is 0 Å². The molecule has 0 aliphatic rings. The topological polar surface area (TPSA) is 18.5 Å². The largest absolute Gasteiger partial charge is 0.379 e. The summed E-state index contributed by atoms with van der Waals surface area (Å²) in [6.45, 7) is 1.43. The Balaban J connectivity index is 2.26. The second-order valence-corrected chi connectivity index (χ2v) is 5.36. The van der Waals surface area contributed by atoms with E-state index >= 15 is 0 Å². The molecule has 2 aromatic rings. The zero-order valence-corrected chi connectivity index (χ0v) is 9.83. The fourth-order valence-electron chi connectivity index (χ4n) is 1.36. The lowest BCUT2D eigenvalue weighted by atomic mass is 10.4. The maximum atomic E-state index is 5.09. The van der Waals surface area contributed by atoms with Crippen LogP contribution in [0.15, 0.2) is 12.1 Å². The van der Waals surface area contributed by atoms with E-state index < -0.39 is 0 Å². The first kappa shape index (κ1) is 10.1. The zero-order chi connectivity index (χ0) is 9.97. The first-order valence-corrected chi connectivity index (χ1v) is 5.96. The van der Waals surface area contributed by atoms with Gasteiger partial charge in [0.2, 0.25) is 0 Å². The van der Waals surface area contributed by atoms with Gasteiger partial charge >= 0.3 is 0 Å². The first-order chi connectivity index (χ1) is 6.83. The van der Waals surface area contributed by atoms with Crippen LogP contribution in [0, 0.1) is 0 Å². The molecule has 14 heavy (non-hydrogen) atoms. The van der Waals surface area contributed by atoms with Crippen molar-refractivity contribution in [3.63, 3.8) is 0 Å². The molecular formula is C10H12O2S2. The first-order valence-electron chi connectivity index (χ1n) is 4.32. The van der Waals surface area contributed by atoms with Gasteiger partial charge in [-0.25, -0.2) is 0 Å². The number of fused-ring (bicyclic) bond motifs is 1. The molecule has 0 saturated carbocycles. The van der Waals surface area contributed by atoms with Crippen LogP contribution in [-0.4, -0.2) is 14.2 Å². The number of methoxy groups -OCH3 is 2. The minimum Gasteiger partial charge on any atom is -0.379 e. The van der Waals surface area contributed by atoms with E-state index in [4.69, 9.17) is 9.47 Å². The Kier molecular flexibility index (Phi) is 3.18. The summed E-state index contributed by atoms with van der Waals surface area (Å²) >= 11 is 3.60. The highest BCUT2D eigenvalue weighted by Gasteiger charge is 2.06. The van der Waals surface area contributed by atoms with Crippen LogP contribution in [0.4, 0.5) is 0 Å². The van der Waals surface area contributed by atoms with Crippen LogP contribution < -0.4 is 0 Å². The molecule has 0 fully saturated rings. The lowest BCUT2D eigenvalue weighted by Gasteiger charge is -1.92. The van der Waals surface area contributed by atoms with E-state index in [1.165, 1.54) is 19.2 Å². The molecule has 0 bridgehead atoms. The molecule has 0 atom stereocenters. The Labute approximate surface area is 91.1 Å². The summed E-state index contributed by atoms with van der Waals surface area (Å²) in [5, 5.41) is 0. The van der Waals surface area contributed by atoms with Crippen LogP contribution in [0.25, 0.3) is 9.40 Å². The van der Waals surface area contributed by atoms with Crippen molar-refractivity contribution in [2.45, 2.75) is 13.2 Å². The average molecular weight is 228 g/mol. The summed E-state index contributed by atoms with van der Waals surface area (Å²) in [5.74, 6) is 0. The molecule has 0 aliphatic heterocycles. The minimum atomic E-state index is 0.714.